The van der Waals surface area contributed by atoms with Gasteiger partial charge in [0.2, 0.25) is 0 Å². The molecule has 1 aliphatic rings. The number of aryl methyl sites for hydroxylation is 1. The van der Waals surface area contributed by atoms with Gasteiger partial charge in [0.15, 0.2) is 5.82 Å². The van der Waals surface area contributed by atoms with Crippen molar-refractivity contribution >= 4 is 5.82 Å². The van der Waals surface area contributed by atoms with Crippen molar-refractivity contribution < 1.29 is 0 Å². The fraction of sp³-hybridized carbons (Fsp3) is 0.692. The summed E-state index contributed by atoms with van der Waals surface area (Å²) in [5.74, 6) is 0.933. The van der Waals surface area contributed by atoms with Gasteiger partial charge in [-0.3, -0.25) is 4.79 Å². The third-order valence-corrected chi connectivity index (χ3v) is 3.66. The summed E-state index contributed by atoms with van der Waals surface area (Å²) in [6, 6.07) is 0.299. The lowest BCUT2D eigenvalue weighted by molar-refractivity contribution is 0.514. The number of nitrogens with zero attached hydrogens (tertiary/aromatic N) is 2. The standard InChI is InChI=1S/C13H22N4O/c1-2-7-17-8-6-15-12(13(17)18)16-11-5-3-4-10(11)9-14/h6,8,10-11H,2-5,7,9,14H2,1H3,(H,15,16). The second-order valence-electron chi connectivity index (χ2n) is 4.95. The van der Waals surface area contributed by atoms with E-state index in [0.29, 0.717) is 24.3 Å². The maximum atomic E-state index is 12.1. The molecule has 1 aromatic rings. The molecule has 0 aliphatic heterocycles. The molecule has 1 fully saturated rings. The Labute approximate surface area is 107 Å². The maximum absolute atomic E-state index is 12.1. The van der Waals surface area contributed by atoms with Gasteiger partial charge in [0.1, 0.15) is 0 Å². The van der Waals surface area contributed by atoms with Gasteiger partial charge >= 0.3 is 0 Å². The smallest absolute Gasteiger partial charge is 0.293 e. The van der Waals surface area contributed by atoms with Gasteiger partial charge in [0.25, 0.3) is 5.56 Å². The quantitative estimate of drug-likeness (QED) is 0.823. The zero-order valence-electron chi connectivity index (χ0n) is 10.9. The molecule has 0 aromatic carbocycles. The van der Waals surface area contributed by atoms with Crippen molar-refractivity contribution in [1.82, 2.24) is 9.55 Å². The Morgan fingerprint density at radius 1 is 1.56 bits per heavy atom. The summed E-state index contributed by atoms with van der Waals surface area (Å²) in [5.41, 5.74) is 5.72. The van der Waals surface area contributed by atoms with E-state index in [1.165, 1.54) is 6.42 Å². The Morgan fingerprint density at radius 2 is 2.39 bits per heavy atom. The van der Waals surface area contributed by atoms with Gasteiger partial charge < -0.3 is 15.6 Å². The van der Waals surface area contributed by atoms with Crippen LogP contribution in [-0.2, 0) is 6.54 Å². The molecule has 0 amide bonds. The van der Waals surface area contributed by atoms with Crippen LogP contribution < -0.4 is 16.6 Å². The minimum atomic E-state index is -0.0259. The van der Waals surface area contributed by atoms with Crippen molar-refractivity contribution in [2.75, 3.05) is 11.9 Å². The van der Waals surface area contributed by atoms with Crippen LogP contribution in [0.15, 0.2) is 17.2 Å². The van der Waals surface area contributed by atoms with Crippen LogP contribution in [-0.4, -0.2) is 22.1 Å². The number of hydrogen-bond acceptors (Lipinski definition) is 4. The van der Waals surface area contributed by atoms with E-state index in [1.54, 1.807) is 17.0 Å². The largest absolute Gasteiger partial charge is 0.362 e. The highest BCUT2D eigenvalue weighted by Crippen LogP contribution is 2.26. The van der Waals surface area contributed by atoms with Crippen molar-refractivity contribution in [1.29, 1.82) is 0 Å². The van der Waals surface area contributed by atoms with E-state index in [2.05, 4.69) is 17.2 Å². The molecule has 5 heteroatoms. The van der Waals surface area contributed by atoms with Crippen molar-refractivity contribution in [3.63, 3.8) is 0 Å². The summed E-state index contributed by atoms with van der Waals surface area (Å²) < 4.78 is 1.71. The molecular formula is C13H22N4O. The molecular weight excluding hydrogens is 228 g/mol. The van der Waals surface area contributed by atoms with Crippen LogP contribution in [0.1, 0.15) is 32.6 Å². The number of hydrogen-bond donors (Lipinski definition) is 2. The summed E-state index contributed by atoms with van der Waals surface area (Å²) in [4.78, 5) is 16.3. The zero-order chi connectivity index (χ0) is 13.0. The molecule has 5 nitrogen and oxygen atoms in total. The topological polar surface area (TPSA) is 72.9 Å². The van der Waals surface area contributed by atoms with Gasteiger partial charge in [0.05, 0.1) is 0 Å². The SMILES string of the molecule is CCCn1ccnc(NC2CCCC2CN)c1=O. The van der Waals surface area contributed by atoms with E-state index in [9.17, 15) is 4.79 Å². The van der Waals surface area contributed by atoms with Crippen LogP contribution in [0.25, 0.3) is 0 Å². The zero-order valence-corrected chi connectivity index (χ0v) is 10.9. The van der Waals surface area contributed by atoms with Crippen LogP contribution in [0.4, 0.5) is 5.82 Å². The summed E-state index contributed by atoms with van der Waals surface area (Å²) in [6.45, 7) is 3.47. The van der Waals surface area contributed by atoms with Crippen LogP contribution in [0.2, 0.25) is 0 Å². The normalized spacial score (nSPS) is 23.2. The fourth-order valence-corrected chi connectivity index (χ4v) is 2.65. The van der Waals surface area contributed by atoms with Gasteiger partial charge in [-0.25, -0.2) is 4.98 Å². The Bertz CT molecular complexity index is 443. The second kappa shape index (κ2) is 6.00. The molecule has 3 N–H and O–H groups in total. The van der Waals surface area contributed by atoms with Crippen LogP contribution in [0.3, 0.4) is 0 Å². The molecule has 1 aliphatic carbocycles. The third-order valence-electron chi connectivity index (χ3n) is 3.66. The summed E-state index contributed by atoms with van der Waals surface area (Å²) in [6.07, 6.45) is 7.77. The van der Waals surface area contributed by atoms with E-state index in [4.69, 9.17) is 5.73 Å². The first-order valence-corrected chi connectivity index (χ1v) is 6.78. The van der Waals surface area contributed by atoms with Crippen LogP contribution in [0.5, 0.6) is 0 Å². The Balaban J connectivity index is 2.14. The molecule has 0 bridgehead atoms. The monoisotopic (exact) mass is 250 g/mol. The lowest BCUT2D eigenvalue weighted by Crippen LogP contribution is -2.33. The predicted molar refractivity (Wildman–Crippen MR) is 72.6 cm³/mol. The van der Waals surface area contributed by atoms with Gasteiger partial charge in [-0.15, -0.1) is 0 Å². The highest BCUT2D eigenvalue weighted by Gasteiger charge is 2.26. The van der Waals surface area contributed by atoms with Gasteiger partial charge in [-0.2, -0.15) is 0 Å². The van der Waals surface area contributed by atoms with Crippen molar-refractivity contribution in [3.05, 3.63) is 22.7 Å². The molecule has 2 unspecified atom stereocenters. The number of nitrogens with two attached hydrogens (primary N) is 1. The summed E-state index contributed by atoms with van der Waals surface area (Å²) in [7, 11) is 0. The minimum absolute atomic E-state index is 0.0259. The summed E-state index contributed by atoms with van der Waals surface area (Å²) >= 11 is 0. The number of aromatic nitrogens is 2. The molecule has 0 radical (unpaired) electrons. The molecule has 2 rings (SSSR count). The van der Waals surface area contributed by atoms with Crippen molar-refractivity contribution in [2.24, 2.45) is 11.7 Å². The lowest BCUT2D eigenvalue weighted by Gasteiger charge is -2.19. The van der Waals surface area contributed by atoms with E-state index >= 15 is 0 Å². The van der Waals surface area contributed by atoms with Gasteiger partial charge in [0, 0.05) is 25.0 Å². The number of rotatable bonds is 5. The molecule has 0 spiro atoms. The summed E-state index contributed by atoms with van der Waals surface area (Å²) in [5, 5.41) is 3.28. The molecule has 100 valence electrons. The highest BCUT2D eigenvalue weighted by molar-refractivity contribution is 5.33. The molecule has 1 aromatic heterocycles. The third kappa shape index (κ3) is 2.72. The van der Waals surface area contributed by atoms with E-state index in [-0.39, 0.29) is 5.56 Å². The van der Waals surface area contributed by atoms with E-state index in [1.807, 2.05) is 0 Å². The Hall–Kier alpha value is -1.36. The Kier molecular flexibility index (Phi) is 4.36. The second-order valence-corrected chi connectivity index (χ2v) is 4.95. The van der Waals surface area contributed by atoms with E-state index in [0.717, 1.165) is 25.8 Å². The van der Waals surface area contributed by atoms with Gasteiger partial charge in [-0.1, -0.05) is 13.3 Å². The van der Waals surface area contributed by atoms with Crippen LogP contribution in [0, 0.1) is 5.92 Å². The maximum Gasteiger partial charge on any atom is 0.293 e. The van der Waals surface area contributed by atoms with Crippen molar-refractivity contribution in [2.45, 2.75) is 45.2 Å². The highest BCUT2D eigenvalue weighted by atomic mass is 16.1. The molecule has 1 heterocycles. The molecule has 1 saturated carbocycles. The average molecular weight is 250 g/mol. The predicted octanol–water partition coefficient (Wildman–Crippen LogP) is 1.19. The van der Waals surface area contributed by atoms with Crippen LogP contribution >= 0.6 is 0 Å². The Morgan fingerprint density at radius 3 is 3.11 bits per heavy atom. The number of nitrogens with one attached hydrogen (secondary N) is 1. The van der Waals surface area contributed by atoms with Gasteiger partial charge in [-0.05, 0) is 31.7 Å². The first kappa shape index (κ1) is 13.1. The molecule has 2 atom stereocenters. The van der Waals surface area contributed by atoms with E-state index < -0.39 is 0 Å². The average Bonchev–Trinajstić information content (AvgIpc) is 2.82. The lowest BCUT2D eigenvalue weighted by atomic mass is 10.0. The number of anilines is 1. The molecule has 0 saturated heterocycles. The minimum Gasteiger partial charge on any atom is -0.362 e. The first-order chi connectivity index (χ1) is 8.76. The van der Waals surface area contributed by atoms with Crippen molar-refractivity contribution in [3.8, 4) is 0 Å². The molecule has 18 heavy (non-hydrogen) atoms. The first-order valence-electron chi connectivity index (χ1n) is 6.78. The fourth-order valence-electron chi connectivity index (χ4n) is 2.65.